The van der Waals surface area contributed by atoms with E-state index >= 15 is 0 Å². The highest BCUT2D eigenvalue weighted by Gasteiger charge is 2.32. The van der Waals surface area contributed by atoms with Gasteiger partial charge in [0.05, 0.1) is 13.7 Å². The van der Waals surface area contributed by atoms with Gasteiger partial charge in [-0.25, -0.2) is 0 Å². The third-order valence-electron chi connectivity index (χ3n) is 5.33. The fourth-order valence-electron chi connectivity index (χ4n) is 4.08. The molecule has 2 heterocycles. The predicted octanol–water partition coefficient (Wildman–Crippen LogP) is 3.33. The minimum atomic E-state index is 0.226. The van der Waals surface area contributed by atoms with Crippen LogP contribution in [0.25, 0.3) is 0 Å². The van der Waals surface area contributed by atoms with Crippen LogP contribution in [-0.2, 0) is 11.3 Å². The zero-order valence-corrected chi connectivity index (χ0v) is 15.8. The van der Waals surface area contributed by atoms with Crippen molar-refractivity contribution in [2.24, 2.45) is 5.92 Å². The molecule has 0 N–H and O–H groups in total. The molecule has 1 atom stereocenters. The van der Waals surface area contributed by atoms with Crippen LogP contribution in [0.3, 0.4) is 0 Å². The number of ether oxygens (including phenoxy) is 2. The van der Waals surface area contributed by atoms with Crippen LogP contribution >= 0.6 is 0 Å². The van der Waals surface area contributed by atoms with Gasteiger partial charge in [0.15, 0.2) is 11.5 Å². The molecular weight excluding hydrogens is 340 g/mol. The maximum Gasteiger partial charge on any atom is 0.227 e. The van der Waals surface area contributed by atoms with Gasteiger partial charge in [-0.2, -0.15) is 0 Å². The Kier molecular flexibility index (Phi) is 5.30. The molecular formula is C22H26N2O3. The molecule has 142 valence electrons. The molecule has 2 aliphatic heterocycles. The fraction of sp³-hybridized carbons (Fsp3) is 0.409. The molecule has 4 rings (SSSR count). The first-order valence-corrected chi connectivity index (χ1v) is 9.61. The van der Waals surface area contributed by atoms with E-state index in [4.69, 9.17) is 9.47 Å². The van der Waals surface area contributed by atoms with Crippen molar-refractivity contribution in [3.05, 3.63) is 54.1 Å². The Bertz CT molecular complexity index is 793. The van der Waals surface area contributed by atoms with Crippen LogP contribution in [0.4, 0.5) is 5.69 Å². The summed E-state index contributed by atoms with van der Waals surface area (Å²) in [4.78, 5) is 16.9. The van der Waals surface area contributed by atoms with E-state index in [1.165, 1.54) is 0 Å². The van der Waals surface area contributed by atoms with Gasteiger partial charge in [0.25, 0.3) is 0 Å². The first-order chi connectivity index (χ1) is 13.2. The van der Waals surface area contributed by atoms with Crippen molar-refractivity contribution in [3.8, 4) is 11.5 Å². The van der Waals surface area contributed by atoms with Crippen LogP contribution in [0.1, 0.15) is 18.4 Å². The number of carbonyl (C=O) groups is 1. The van der Waals surface area contributed by atoms with Crippen LogP contribution in [-0.4, -0.2) is 44.2 Å². The molecule has 1 fully saturated rings. The summed E-state index contributed by atoms with van der Waals surface area (Å²) < 4.78 is 11.4. The second kappa shape index (κ2) is 8.01. The molecule has 5 heteroatoms. The summed E-state index contributed by atoms with van der Waals surface area (Å²) in [6.45, 7) is 4.20. The predicted molar refractivity (Wildman–Crippen MR) is 105 cm³/mol. The summed E-state index contributed by atoms with van der Waals surface area (Å²) in [6, 6.07) is 16.0. The molecule has 0 spiro atoms. The van der Waals surface area contributed by atoms with Crippen LogP contribution in [0.2, 0.25) is 0 Å². The lowest BCUT2D eigenvalue weighted by Crippen LogP contribution is -2.33. The Hall–Kier alpha value is -2.53. The van der Waals surface area contributed by atoms with Gasteiger partial charge >= 0.3 is 0 Å². The topological polar surface area (TPSA) is 42.0 Å². The molecule has 5 nitrogen and oxygen atoms in total. The van der Waals surface area contributed by atoms with E-state index in [9.17, 15) is 4.79 Å². The zero-order valence-electron chi connectivity index (χ0n) is 15.8. The minimum Gasteiger partial charge on any atom is -0.493 e. The highest BCUT2D eigenvalue weighted by atomic mass is 16.5. The lowest BCUT2D eigenvalue weighted by Gasteiger charge is -2.29. The van der Waals surface area contributed by atoms with E-state index in [0.717, 1.165) is 55.3 Å². The number of carbonyl (C=O) groups excluding carboxylic acids is 1. The number of fused-ring (bicyclic) bond motifs is 1. The molecule has 27 heavy (non-hydrogen) atoms. The molecule has 0 aromatic heterocycles. The van der Waals surface area contributed by atoms with E-state index in [0.29, 0.717) is 18.9 Å². The zero-order chi connectivity index (χ0) is 18.6. The number of hydrogen-bond acceptors (Lipinski definition) is 4. The fourth-order valence-corrected chi connectivity index (χ4v) is 4.08. The number of hydrogen-bond donors (Lipinski definition) is 0. The molecule has 1 saturated heterocycles. The largest absolute Gasteiger partial charge is 0.493 e. The summed E-state index contributed by atoms with van der Waals surface area (Å²) in [5, 5.41) is 0. The Balaban J connectivity index is 1.46. The minimum absolute atomic E-state index is 0.226. The number of para-hydroxylation sites is 2. The quantitative estimate of drug-likeness (QED) is 0.832. The van der Waals surface area contributed by atoms with E-state index in [1.54, 1.807) is 7.11 Å². The Morgan fingerprint density at radius 3 is 2.81 bits per heavy atom. The number of benzene rings is 2. The number of anilines is 1. The molecule has 0 aliphatic carbocycles. The van der Waals surface area contributed by atoms with Gasteiger partial charge in [-0.3, -0.25) is 9.69 Å². The number of methoxy groups -OCH3 is 1. The molecule has 0 bridgehead atoms. The number of nitrogens with zero attached hydrogens (tertiary/aromatic N) is 2. The highest BCUT2D eigenvalue weighted by Crippen LogP contribution is 2.34. The van der Waals surface area contributed by atoms with Gasteiger partial charge in [0.1, 0.15) is 0 Å². The molecule has 2 aromatic carbocycles. The summed E-state index contributed by atoms with van der Waals surface area (Å²) in [5.74, 6) is 2.23. The summed E-state index contributed by atoms with van der Waals surface area (Å²) in [7, 11) is 1.68. The van der Waals surface area contributed by atoms with Gasteiger partial charge in [-0.15, -0.1) is 0 Å². The van der Waals surface area contributed by atoms with Gasteiger partial charge < -0.3 is 14.4 Å². The van der Waals surface area contributed by atoms with Crippen molar-refractivity contribution in [3.63, 3.8) is 0 Å². The maximum atomic E-state index is 12.5. The smallest absolute Gasteiger partial charge is 0.227 e. The first-order valence-electron chi connectivity index (χ1n) is 9.61. The van der Waals surface area contributed by atoms with Crippen molar-refractivity contribution < 1.29 is 14.3 Å². The summed E-state index contributed by atoms with van der Waals surface area (Å²) >= 11 is 0. The van der Waals surface area contributed by atoms with Crippen LogP contribution in [0, 0.1) is 5.92 Å². The van der Waals surface area contributed by atoms with Crippen molar-refractivity contribution in [1.82, 2.24) is 4.90 Å². The lowest BCUT2D eigenvalue weighted by atomic mass is 10.1. The summed E-state index contributed by atoms with van der Waals surface area (Å²) in [5.41, 5.74) is 2.15. The number of amides is 1. The second-order valence-corrected chi connectivity index (χ2v) is 7.30. The third kappa shape index (κ3) is 3.93. The van der Waals surface area contributed by atoms with Crippen molar-refractivity contribution in [2.75, 3.05) is 38.3 Å². The molecule has 2 aliphatic rings. The highest BCUT2D eigenvalue weighted by molar-refractivity contribution is 5.95. The van der Waals surface area contributed by atoms with Gasteiger partial charge in [-0.05, 0) is 30.5 Å². The van der Waals surface area contributed by atoms with Gasteiger partial charge in [0, 0.05) is 43.9 Å². The van der Waals surface area contributed by atoms with E-state index in [2.05, 4.69) is 11.0 Å². The first kappa shape index (κ1) is 17.9. The molecule has 1 unspecified atom stereocenters. The average Bonchev–Trinajstić information content (AvgIpc) is 3.04. The van der Waals surface area contributed by atoms with Gasteiger partial charge in [0.2, 0.25) is 5.91 Å². The Morgan fingerprint density at radius 1 is 1.15 bits per heavy atom. The summed E-state index contributed by atoms with van der Waals surface area (Å²) in [6.07, 6.45) is 1.59. The molecule has 0 saturated carbocycles. The van der Waals surface area contributed by atoms with Crippen LogP contribution in [0.5, 0.6) is 11.5 Å². The molecule has 2 aromatic rings. The van der Waals surface area contributed by atoms with E-state index in [-0.39, 0.29) is 5.91 Å². The maximum absolute atomic E-state index is 12.5. The van der Waals surface area contributed by atoms with Crippen molar-refractivity contribution in [1.29, 1.82) is 0 Å². The standard InChI is InChI=1S/C22H26N2O3/c1-26-20-10-5-7-18-16-23(11-6-12-27-22(18)20)14-17-13-21(25)24(15-17)19-8-3-2-4-9-19/h2-5,7-10,17H,6,11-16H2,1H3. The Labute approximate surface area is 160 Å². The number of rotatable bonds is 4. The lowest BCUT2D eigenvalue weighted by molar-refractivity contribution is -0.117. The van der Waals surface area contributed by atoms with E-state index < -0.39 is 0 Å². The SMILES string of the molecule is COc1cccc2c1OCCCN(CC1CC(=O)N(c3ccccc3)C1)C2. The van der Waals surface area contributed by atoms with Crippen molar-refractivity contribution in [2.45, 2.75) is 19.4 Å². The van der Waals surface area contributed by atoms with Crippen LogP contribution in [0.15, 0.2) is 48.5 Å². The van der Waals surface area contributed by atoms with Crippen LogP contribution < -0.4 is 14.4 Å². The second-order valence-electron chi connectivity index (χ2n) is 7.30. The Morgan fingerprint density at radius 2 is 2.00 bits per heavy atom. The molecule has 1 amide bonds. The average molecular weight is 366 g/mol. The third-order valence-corrected chi connectivity index (χ3v) is 5.33. The van der Waals surface area contributed by atoms with Gasteiger partial charge in [-0.1, -0.05) is 30.3 Å². The van der Waals surface area contributed by atoms with E-state index in [1.807, 2.05) is 47.4 Å². The monoisotopic (exact) mass is 366 g/mol. The normalized spacial score (nSPS) is 20.6. The molecule has 0 radical (unpaired) electrons. The van der Waals surface area contributed by atoms with Crippen molar-refractivity contribution >= 4 is 11.6 Å².